The zero-order valence-corrected chi connectivity index (χ0v) is 13.7. The van der Waals surface area contributed by atoms with E-state index >= 15 is 0 Å². The van der Waals surface area contributed by atoms with Crippen molar-refractivity contribution < 1.29 is 0 Å². The van der Waals surface area contributed by atoms with Crippen LogP contribution in [0.25, 0.3) is 0 Å². The Balaban J connectivity index is 1.80. The van der Waals surface area contributed by atoms with Crippen molar-refractivity contribution in [3.63, 3.8) is 0 Å². The zero-order chi connectivity index (χ0) is 14.8. The van der Waals surface area contributed by atoms with E-state index in [1.807, 2.05) is 0 Å². The second-order valence-corrected chi connectivity index (χ2v) is 7.10. The van der Waals surface area contributed by atoms with Crippen molar-refractivity contribution in [1.82, 2.24) is 10.3 Å². The largest absolute Gasteiger partial charge is 0.353 e. The van der Waals surface area contributed by atoms with Crippen LogP contribution in [0.1, 0.15) is 57.2 Å². The van der Waals surface area contributed by atoms with E-state index in [4.69, 9.17) is 4.98 Å². The molecular formula is C18H29N3. The molecule has 116 valence electrons. The third-order valence-electron chi connectivity index (χ3n) is 5.00. The monoisotopic (exact) mass is 287 g/mol. The number of rotatable bonds is 4. The third kappa shape index (κ3) is 3.39. The lowest BCUT2D eigenvalue weighted by Crippen LogP contribution is -2.43. The van der Waals surface area contributed by atoms with E-state index < -0.39 is 0 Å². The van der Waals surface area contributed by atoms with Crippen LogP contribution in [-0.4, -0.2) is 23.6 Å². The maximum atomic E-state index is 4.84. The Morgan fingerprint density at radius 3 is 2.86 bits per heavy atom. The van der Waals surface area contributed by atoms with Crippen molar-refractivity contribution in [2.45, 2.75) is 71.5 Å². The highest BCUT2D eigenvalue weighted by molar-refractivity contribution is 5.45. The van der Waals surface area contributed by atoms with Crippen LogP contribution in [0.4, 0.5) is 5.82 Å². The summed E-state index contributed by atoms with van der Waals surface area (Å²) in [5.74, 6) is 2.13. The molecule has 3 rings (SSSR count). The molecule has 21 heavy (non-hydrogen) atoms. The van der Waals surface area contributed by atoms with Crippen LogP contribution in [-0.2, 0) is 6.54 Å². The molecule has 1 aromatic heterocycles. The quantitative estimate of drug-likeness (QED) is 0.916. The van der Waals surface area contributed by atoms with Gasteiger partial charge < -0.3 is 10.2 Å². The van der Waals surface area contributed by atoms with Crippen LogP contribution < -0.4 is 10.2 Å². The maximum absolute atomic E-state index is 4.84. The topological polar surface area (TPSA) is 28.2 Å². The molecule has 0 radical (unpaired) electrons. The summed E-state index contributed by atoms with van der Waals surface area (Å²) >= 11 is 0. The van der Waals surface area contributed by atoms with Gasteiger partial charge in [-0.3, -0.25) is 0 Å². The van der Waals surface area contributed by atoms with Crippen molar-refractivity contribution in [3.8, 4) is 0 Å². The number of aromatic nitrogens is 1. The van der Waals surface area contributed by atoms with Gasteiger partial charge in [0.25, 0.3) is 0 Å². The fourth-order valence-electron chi connectivity index (χ4n) is 4.03. The van der Waals surface area contributed by atoms with E-state index in [2.05, 4.69) is 43.1 Å². The lowest BCUT2D eigenvalue weighted by atomic mass is 9.92. The van der Waals surface area contributed by atoms with Crippen molar-refractivity contribution >= 4 is 5.82 Å². The fraction of sp³-hybridized carbons (Fsp3) is 0.722. The molecule has 1 aromatic rings. The Morgan fingerprint density at radius 1 is 1.24 bits per heavy atom. The average Bonchev–Trinajstić information content (AvgIpc) is 2.92. The van der Waals surface area contributed by atoms with Gasteiger partial charge in [-0.15, -0.1) is 0 Å². The summed E-state index contributed by atoms with van der Waals surface area (Å²) in [6.07, 6.45) is 6.94. The van der Waals surface area contributed by atoms with Gasteiger partial charge in [0.2, 0.25) is 0 Å². The third-order valence-corrected chi connectivity index (χ3v) is 5.00. The number of nitrogens with zero attached hydrogens (tertiary/aromatic N) is 2. The molecule has 3 nitrogen and oxygen atoms in total. The smallest absolute Gasteiger partial charge is 0.129 e. The summed E-state index contributed by atoms with van der Waals surface area (Å²) < 4.78 is 0. The predicted octanol–water partition coefficient (Wildman–Crippen LogP) is 3.66. The second kappa shape index (κ2) is 6.35. The minimum Gasteiger partial charge on any atom is -0.353 e. The maximum Gasteiger partial charge on any atom is 0.129 e. The molecule has 2 heterocycles. The normalized spacial score (nSPS) is 25.4. The van der Waals surface area contributed by atoms with E-state index in [9.17, 15) is 0 Å². The van der Waals surface area contributed by atoms with Crippen LogP contribution in [0.5, 0.6) is 0 Å². The lowest BCUT2D eigenvalue weighted by Gasteiger charge is -2.39. The van der Waals surface area contributed by atoms with Crippen LogP contribution in [0.15, 0.2) is 12.1 Å². The molecule has 2 unspecified atom stereocenters. The summed E-state index contributed by atoms with van der Waals surface area (Å²) in [4.78, 5) is 7.45. The number of fused-ring (bicyclic) bond motifs is 1. The number of aryl methyl sites for hydroxylation is 1. The van der Waals surface area contributed by atoms with Gasteiger partial charge in [-0.25, -0.2) is 4.98 Å². The Morgan fingerprint density at radius 2 is 2.05 bits per heavy atom. The molecule has 0 spiro atoms. The first-order chi connectivity index (χ1) is 10.1. The average molecular weight is 287 g/mol. The van der Waals surface area contributed by atoms with E-state index in [0.29, 0.717) is 6.04 Å². The number of anilines is 1. The highest BCUT2D eigenvalue weighted by Crippen LogP contribution is 2.38. The summed E-state index contributed by atoms with van der Waals surface area (Å²) in [5, 5.41) is 3.52. The van der Waals surface area contributed by atoms with Gasteiger partial charge in [0.05, 0.1) is 0 Å². The fourth-order valence-corrected chi connectivity index (χ4v) is 4.03. The molecule has 0 bridgehead atoms. The van der Waals surface area contributed by atoms with Gasteiger partial charge in [-0.2, -0.15) is 0 Å². The molecule has 1 N–H and O–H groups in total. The molecule has 2 atom stereocenters. The first-order valence-electron chi connectivity index (χ1n) is 8.61. The molecule has 2 fully saturated rings. The molecule has 0 aromatic carbocycles. The standard InChI is InChI=1S/C18H29N3/c1-13(2)19-12-15-10-14(3)20-18(11-15)21-9-5-7-16-6-4-8-17(16)21/h10-11,13,16-17,19H,4-9,12H2,1-3H3. The summed E-state index contributed by atoms with van der Waals surface area (Å²) in [6.45, 7) is 8.65. The minimum absolute atomic E-state index is 0.524. The first kappa shape index (κ1) is 14.8. The van der Waals surface area contributed by atoms with Crippen LogP contribution >= 0.6 is 0 Å². The van der Waals surface area contributed by atoms with Crippen LogP contribution in [0.3, 0.4) is 0 Å². The molecule has 1 saturated carbocycles. The van der Waals surface area contributed by atoms with Gasteiger partial charge in [-0.05, 0) is 56.2 Å². The molecule has 2 aliphatic rings. The molecule has 3 heteroatoms. The molecule has 1 aliphatic carbocycles. The van der Waals surface area contributed by atoms with Crippen LogP contribution in [0.2, 0.25) is 0 Å². The van der Waals surface area contributed by atoms with Gasteiger partial charge in [-0.1, -0.05) is 20.3 Å². The van der Waals surface area contributed by atoms with Crippen molar-refractivity contribution in [2.24, 2.45) is 5.92 Å². The summed E-state index contributed by atoms with van der Waals surface area (Å²) in [6, 6.07) is 5.80. The highest BCUT2D eigenvalue weighted by atomic mass is 15.2. The molecule has 1 aliphatic heterocycles. The lowest BCUT2D eigenvalue weighted by molar-refractivity contribution is 0.360. The Hall–Kier alpha value is -1.09. The summed E-state index contributed by atoms with van der Waals surface area (Å²) in [7, 11) is 0. The SMILES string of the molecule is Cc1cc(CNC(C)C)cc(N2CCCC3CCCC32)n1. The zero-order valence-electron chi connectivity index (χ0n) is 13.7. The molecule has 1 saturated heterocycles. The number of nitrogens with one attached hydrogen (secondary N) is 1. The number of pyridine rings is 1. The van der Waals surface area contributed by atoms with E-state index in [1.165, 1.54) is 50.0 Å². The van der Waals surface area contributed by atoms with Gasteiger partial charge in [0.1, 0.15) is 5.82 Å². The van der Waals surface area contributed by atoms with E-state index in [-0.39, 0.29) is 0 Å². The molecular weight excluding hydrogens is 258 g/mol. The Labute approximate surface area is 129 Å². The number of hydrogen-bond acceptors (Lipinski definition) is 3. The Kier molecular flexibility index (Phi) is 4.48. The first-order valence-corrected chi connectivity index (χ1v) is 8.61. The molecule has 0 amide bonds. The van der Waals surface area contributed by atoms with Gasteiger partial charge >= 0.3 is 0 Å². The van der Waals surface area contributed by atoms with E-state index in [0.717, 1.165) is 24.2 Å². The van der Waals surface area contributed by atoms with Crippen molar-refractivity contribution in [1.29, 1.82) is 0 Å². The number of piperidine rings is 1. The minimum atomic E-state index is 0.524. The summed E-state index contributed by atoms with van der Waals surface area (Å²) in [5.41, 5.74) is 2.51. The number of hydrogen-bond donors (Lipinski definition) is 1. The highest BCUT2D eigenvalue weighted by Gasteiger charge is 2.35. The van der Waals surface area contributed by atoms with Gasteiger partial charge in [0, 0.05) is 30.9 Å². The Bertz CT molecular complexity index is 483. The van der Waals surface area contributed by atoms with Crippen molar-refractivity contribution in [2.75, 3.05) is 11.4 Å². The van der Waals surface area contributed by atoms with Crippen LogP contribution in [0, 0.1) is 12.8 Å². The van der Waals surface area contributed by atoms with Gasteiger partial charge in [0.15, 0.2) is 0 Å². The second-order valence-electron chi connectivity index (χ2n) is 7.10. The predicted molar refractivity (Wildman–Crippen MR) is 88.7 cm³/mol. The van der Waals surface area contributed by atoms with E-state index in [1.54, 1.807) is 0 Å². The van der Waals surface area contributed by atoms with Crippen molar-refractivity contribution in [3.05, 3.63) is 23.4 Å².